The number of hydrogen-bond donors (Lipinski definition) is 2. The maximum atomic E-state index is 10.6. The monoisotopic (exact) mass is 186 g/mol. The van der Waals surface area contributed by atoms with Gasteiger partial charge < -0.3 is 15.7 Å². The highest BCUT2D eigenvalue weighted by molar-refractivity contribution is 5.64. The number of hydrogen-bond acceptors (Lipinski definition) is 2. The zero-order valence-corrected chi connectivity index (χ0v) is 8.29. The van der Waals surface area contributed by atoms with Gasteiger partial charge in [0.1, 0.15) is 0 Å². The van der Waals surface area contributed by atoms with E-state index in [9.17, 15) is 4.79 Å². The van der Waals surface area contributed by atoms with Gasteiger partial charge in [-0.2, -0.15) is 0 Å². The topological polar surface area (TPSA) is 66.6 Å². The number of likely N-dealkylation sites (tertiary alicyclic amines) is 1. The van der Waals surface area contributed by atoms with Crippen molar-refractivity contribution in [3.05, 3.63) is 0 Å². The summed E-state index contributed by atoms with van der Waals surface area (Å²) in [4.78, 5) is 12.1. The smallest absolute Gasteiger partial charge is 0.407 e. The van der Waals surface area contributed by atoms with E-state index in [-0.39, 0.29) is 5.54 Å². The van der Waals surface area contributed by atoms with Gasteiger partial charge in [-0.1, -0.05) is 0 Å². The first-order valence-electron chi connectivity index (χ1n) is 4.68. The van der Waals surface area contributed by atoms with Crippen LogP contribution >= 0.6 is 0 Å². The summed E-state index contributed by atoms with van der Waals surface area (Å²) in [5, 5.41) is 8.72. The third-order valence-corrected chi connectivity index (χ3v) is 2.82. The van der Waals surface area contributed by atoms with Crippen LogP contribution in [0.15, 0.2) is 0 Å². The number of nitrogens with two attached hydrogens (primary N) is 1. The molecule has 0 aromatic heterocycles. The van der Waals surface area contributed by atoms with Crippen molar-refractivity contribution < 1.29 is 9.90 Å². The Kier molecular flexibility index (Phi) is 2.81. The second-order valence-corrected chi connectivity index (χ2v) is 4.37. The molecule has 4 nitrogen and oxygen atoms in total. The molecular formula is C9H18N2O2. The summed E-state index contributed by atoms with van der Waals surface area (Å²) in [5.41, 5.74) is 5.79. The van der Waals surface area contributed by atoms with Gasteiger partial charge in [-0.3, -0.25) is 0 Å². The van der Waals surface area contributed by atoms with E-state index in [4.69, 9.17) is 10.8 Å². The number of carbonyl (C=O) groups is 1. The molecule has 1 saturated heterocycles. The Morgan fingerprint density at radius 2 is 1.92 bits per heavy atom. The van der Waals surface area contributed by atoms with Crippen LogP contribution in [0, 0.1) is 5.92 Å². The molecule has 0 saturated carbocycles. The molecule has 1 rings (SSSR count). The molecular weight excluding hydrogens is 168 g/mol. The van der Waals surface area contributed by atoms with E-state index >= 15 is 0 Å². The molecule has 13 heavy (non-hydrogen) atoms. The summed E-state index contributed by atoms with van der Waals surface area (Å²) in [6.45, 7) is 5.27. The van der Waals surface area contributed by atoms with E-state index in [0.29, 0.717) is 19.0 Å². The molecule has 1 heterocycles. The molecule has 0 atom stereocenters. The third kappa shape index (κ3) is 2.59. The number of piperidine rings is 1. The third-order valence-electron chi connectivity index (χ3n) is 2.82. The SMILES string of the molecule is CC(C)(N)C1CCN(C(=O)O)CC1. The Morgan fingerprint density at radius 1 is 1.46 bits per heavy atom. The Bertz CT molecular complexity index is 190. The maximum absolute atomic E-state index is 10.6. The molecule has 0 aromatic rings. The zero-order valence-electron chi connectivity index (χ0n) is 8.29. The van der Waals surface area contributed by atoms with Gasteiger partial charge in [-0.15, -0.1) is 0 Å². The minimum atomic E-state index is -0.812. The minimum Gasteiger partial charge on any atom is -0.465 e. The van der Waals surface area contributed by atoms with Gasteiger partial charge in [0.05, 0.1) is 0 Å². The van der Waals surface area contributed by atoms with Crippen LogP contribution in [0.25, 0.3) is 0 Å². The molecule has 76 valence electrons. The first-order valence-corrected chi connectivity index (χ1v) is 4.68. The Morgan fingerprint density at radius 3 is 2.23 bits per heavy atom. The molecule has 1 amide bonds. The molecule has 0 aromatic carbocycles. The van der Waals surface area contributed by atoms with E-state index in [1.807, 2.05) is 13.8 Å². The maximum Gasteiger partial charge on any atom is 0.407 e. The number of rotatable bonds is 1. The quantitative estimate of drug-likeness (QED) is 0.644. The summed E-state index contributed by atoms with van der Waals surface area (Å²) in [5.74, 6) is 0.447. The lowest BCUT2D eigenvalue weighted by atomic mass is 9.81. The molecule has 0 bridgehead atoms. The van der Waals surface area contributed by atoms with Crippen molar-refractivity contribution in [2.45, 2.75) is 32.2 Å². The predicted octanol–water partition coefficient (Wildman–Crippen LogP) is 1.11. The van der Waals surface area contributed by atoms with Gasteiger partial charge in [0, 0.05) is 18.6 Å². The molecule has 1 aliphatic rings. The Labute approximate surface area is 78.7 Å². The molecule has 1 fully saturated rings. The van der Waals surface area contributed by atoms with E-state index in [1.54, 1.807) is 0 Å². The molecule has 0 spiro atoms. The largest absolute Gasteiger partial charge is 0.465 e. The van der Waals surface area contributed by atoms with E-state index in [0.717, 1.165) is 12.8 Å². The Balaban J connectivity index is 2.44. The van der Waals surface area contributed by atoms with Gasteiger partial charge in [-0.25, -0.2) is 4.79 Å². The molecule has 4 heteroatoms. The van der Waals surface area contributed by atoms with Crippen molar-refractivity contribution in [2.24, 2.45) is 11.7 Å². The van der Waals surface area contributed by atoms with Crippen molar-refractivity contribution in [3.8, 4) is 0 Å². The van der Waals surface area contributed by atoms with Crippen LogP contribution in [0.1, 0.15) is 26.7 Å². The van der Waals surface area contributed by atoms with Crippen LogP contribution < -0.4 is 5.73 Å². The second kappa shape index (κ2) is 3.54. The van der Waals surface area contributed by atoms with Crippen LogP contribution in [-0.4, -0.2) is 34.7 Å². The molecule has 0 radical (unpaired) electrons. The Hall–Kier alpha value is -0.770. The van der Waals surface area contributed by atoms with Crippen LogP contribution in [0.5, 0.6) is 0 Å². The van der Waals surface area contributed by atoms with Gasteiger partial charge >= 0.3 is 6.09 Å². The normalized spacial score (nSPS) is 20.4. The fourth-order valence-electron chi connectivity index (χ4n) is 1.81. The van der Waals surface area contributed by atoms with E-state index < -0.39 is 6.09 Å². The summed E-state index contributed by atoms with van der Waals surface area (Å²) in [6.07, 6.45) is 0.958. The lowest BCUT2D eigenvalue weighted by molar-refractivity contribution is 0.111. The highest BCUT2D eigenvalue weighted by Crippen LogP contribution is 2.25. The highest BCUT2D eigenvalue weighted by atomic mass is 16.4. The first kappa shape index (κ1) is 10.3. The number of carboxylic acid groups (broad SMARTS) is 1. The van der Waals surface area contributed by atoms with Crippen molar-refractivity contribution in [1.29, 1.82) is 0 Å². The minimum absolute atomic E-state index is 0.176. The van der Waals surface area contributed by atoms with Crippen LogP contribution in [-0.2, 0) is 0 Å². The second-order valence-electron chi connectivity index (χ2n) is 4.37. The fraction of sp³-hybridized carbons (Fsp3) is 0.889. The summed E-state index contributed by atoms with van der Waals surface area (Å²) in [7, 11) is 0. The highest BCUT2D eigenvalue weighted by Gasteiger charge is 2.30. The van der Waals surface area contributed by atoms with Crippen molar-refractivity contribution in [1.82, 2.24) is 4.90 Å². The number of amides is 1. The molecule has 3 N–H and O–H groups in total. The van der Waals surface area contributed by atoms with E-state index in [1.165, 1.54) is 4.90 Å². The molecule has 1 aliphatic heterocycles. The zero-order chi connectivity index (χ0) is 10.1. The van der Waals surface area contributed by atoms with Crippen molar-refractivity contribution >= 4 is 6.09 Å². The number of nitrogens with zero attached hydrogens (tertiary/aromatic N) is 1. The fourth-order valence-corrected chi connectivity index (χ4v) is 1.81. The van der Waals surface area contributed by atoms with Gasteiger partial charge in [-0.05, 0) is 32.6 Å². The summed E-state index contributed by atoms with van der Waals surface area (Å²) in [6, 6.07) is 0. The van der Waals surface area contributed by atoms with Gasteiger partial charge in [0.15, 0.2) is 0 Å². The first-order chi connectivity index (χ1) is 5.91. The lowest BCUT2D eigenvalue weighted by Crippen LogP contribution is -2.48. The average Bonchev–Trinajstić information content (AvgIpc) is 2.03. The lowest BCUT2D eigenvalue weighted by Gasteiger charge is -2.37. The summed E-state index contributed by atoms with van der Waals surface area (Å²) < 4.78 is 0. The van der Waals surface area contributed by atoms with Gasteiger partial charge in [0.25, 0.3) is 0 Å². The van der Waals surface area contributed by atoms with Crippen LogP contribution in [0.3, 0.4) is 0 Å². The standard InChI is InChI=1S/C9H18N2O2/c1-9(2,10)7-3-5-11(6-4-7)8(12)13/h7H,3-6,10H2,1-2H3,(H,12,13). The summed E-state index contributed by atoms with van der Waals surface area (Å²) >= 11 is 0. The van der Waals surface area contributed by atoms with E-state index in [2.05, 4.69) is 0 Å². The van der Waals surface area contributed by atoms with Crippen LogP contribution in [0.4, 0.5) is 4.79 Å². The van der Waals surface area contributed by atoms with Gasteiger partial charge in [0.2, 0.25) is 0 Å². The van der Waals surface area contributed by atoms with Crippen LogP contribution in [0.2, 0.25) is 0 Å². The average molecular weight is 186 g/mol. The van der Waals surface area contributed by atoms with Crippen molar-refractivity contribution in [3.63, 3.8) is 0 Å². The molecule has 0 unspecified atom stereocenters. The predicted molar refractivity (Wildman–Crippen MR) is 50.6 cm³/mol. The van der Waals surface area contributed by atoms with Crippen molar-refractivity contribution in [2.75, 3.05) is 13.1 Å². The molecule has 0 aliphatic carbocycles.